The Morgan fingerprint density at radius 1 is 1.06 bits per heavy atom. The summed E-state index contributed by atoms with van der Waals surface area (Å²) in [4.78, 5) is 15.3. The molecule has 2 aliphatic rings. The molecule has 7 nitrogen and oxygen atoms in total. The quantitative estimate of drug-likeness (QED) is 0.437. The third kappa shape index (κ3) is 7.54. The number of rotatable bonds is 13. The third-order valence-corrected chi connectivity index (χ3v) is 6.76. The van der Waals surface area contributed by atoms with Gasteiger partial charge in [-0.25, -0.2) is 0 Å². The van der Waals surface area contributed by atoms with Gasteiger partial charge in [0.25, 0.3) is 5.91 Å². The van der Waals surface area contributed by atoms with Crippen molar-refractivity contribution in [2.24, 2.45) is 5.92 Å². The second-order valence-corrected chi connectivity index (χ2v) is 9.02. The van der Waals surface area contributed by atoms with Crippen LogP contribution in [0.15, 0.2) is 42.2 Å². The van der Waals surface area contributed by atoms with Crippen LogP contribution in [0.1, 0.15) is 56.9 Å². The minimum atomic E-state index is -0.520. The standard InChI is InChI=1S/C27H41NO6/c1-3-33-27-23(14-16-31-18-19-32-17-15-29)24(21-10-6-4-7-11-21)20-25(34-27)26(30)28(2)22-12-8-5-9-13-22/h4,6-7,10-11,20,22-24,27,29H,3,5,8-9,12-19H2,1-2H3/t23-,24-,27-/m1/s1. The molecule has 190 valence electrons. The fourth-order valence-electron chi connectivity index (χ4n) is 4.90. The summed E-state index contributed by atoms with van der Waals surface area (Å²) in [7, 11) is 1.90. The Morgan fingerprint density at radius 2 is 1.76 bits per heavy atom. The fourth-order valence-corrected chi connectivity index (χ4v) is 4.90. The zero-order valence-corrected chi connectivity index (χ0v) is 20.7. The predicted molar refractivity (Wildman–Crippen MR) is 130 cm³/mol. The molecule has 1 aromatic rings. The van der Waals surface area contributed by atoms with Crippen LogP contribution in [-0.2, 0) is 23.7 Å². The Bertz CT molecular complexity index is 749. The van der Waals surface area contributed by atoms with Crippen LogP contribution in [0.25, 0.3) is 0 Å². The highest BCUT2D eigenvalue weighted by Gasteiger charge is 2.39. The molecule has 1 fully saturated rings. The average Bonchev–Trinajstić information content (AvgIpc) is 2.89. The number of allylic oxidation sites excluding steroid dienone is 1. The predicted octanol–water partition coefficient (Wildman–Crippen LogP) is 3.87. The lowest BCUT2D eigenvalue weighted by Crippen LogP contribution is -2.43. The molecule has 0 radical (unpaired) electrons. The molecule has 0 spiro atoms. The number of aliphatic hydroxyl groups is 1. The van der Waals surface area contributed by atoms with E-state index < -0.39 is 6.29 Å². The summed E-state index contributed by atoms with van der Waals surface area (Å²) in [6.45, 7) is 4.22. The molecule has 1 heterocycles. The normalized spacial score (nSPS) is 23.3. The van der Waals surface area contributed by atoms with Gasteiger partial charge in [0, 0.05) is 38.1 Å². The van der Waals surface area contributed by atoms with Gasteiger partial charge in [0.1, 0.15) is 0 Å². The Morgan fingerprint density at radius 3 is 2.44 bits per heavy atom. The van der Waals surface area contributed by atoms with Crippen molar-refractivity contribution in [2.75, 3.05) is 46.7 Å². The summed E-state index contributed by atoms with van der Waals surface area (Å²) in [5.74, 6) is 0.319. The zero-order valence-electron chi connectivity index (χ0n) is 20.7. The highest BCUT2D eigenvalue weighted by atomic mass is 16.7. The molecule has 34 heavy (non-hydrogen) atoms. The van der Waals surface area contributed by atoms with E-state index in [0.29, 0.717) is 38.8 Å². The lowest BCUT2D eigenvalue weighted by atomic mass is 9.81. The molecule has 1 amide bonds. The topological polar surface area (TPSA) is 77.5 Å². The molecular formula is C27H41NO6. The molecular weight excluding hydrogens is 434 g/mol. The van der Waals surface area contributed by atoms with E-state index in [9.17, 15) is 4.79 Å². The van der Waals surface area contributed by atoms with Crippen LogP contribution in [-0.4, -0.2) is 74.9 Å². The van der Waals surface area contributed by atoms with Crippen LogP contribution in [0.2, 0.25) is 0 Å². The van der Waals surface area contributed by atoms with Crippen molar-refractivity contribution >= 4 is 5.91 Å². The number of carbonyl (C=O) groups excluding carboxylic acids is 1. The van der Waals surface area contributed by atoms with Crippen LogP contribution in [0.3, 0.4) is 0 Å². The Hall–Kier alpha value is -1.93. The summed E-state index contributed by atoms with van der Waals surface area (Å²) in [5.41, 5.74) is 1.14. The van der Waals surface area contributed by atoms with Crippen molar-refractivity contribution in [3.63, 3.8) is 0 Å². The van der Waals surface area contributed by atoms with Crippen molar-refractivity contribution in [3.8, 4) is 0 Å². The van der Waals surface area contributed by atoms with Gasteiger partial charge in [0.15, 0.2) is 5.76 Å². The number of hydrogen-bond acceptors (Lipinski definition) is 6. The second-order valence-electron chi connectivity index (χ2n) is 9.02. The number of nitrogens with zero attached hydrogens (tertiary/aromatic N) is 1. The number of hydrogen-bond donors (Lipinski definition) is 1. The van der Waals surface area contributed by atoms with Gasteiger partial charge in [0.05, 0.1) is 26.4 Å². The molecule has 0 unspecified atom stereocenters. The number of amides is 1. The number of aliphatic hydroxyl groups excluding tert-OH is 1. The van der Waals surface area contributed by atoms with E-state index in [0.717, 1.165) is 24.8 Å². The summed E-state index contributed by atoms with van der Waals surface area (Å²) in [6.07, 6.45) is 7.88. The lowest BCUT2D eigenvalue weighted by Gasteiger charge is -2.39. The van der Waals surface area contributed by atoms with E-state index >= 15 is 0 Å². The Balaban J connectivity index is 1.74. The van der Waals surface area contributed by atoms with Crippen molar-refractivity contribution in [3.05, 3.63) is 47.7 Å². The molecule has 0 aromatic heterocycles. The lowest BCUT2D eigenvalue weighted by molar-refractivity contribution is -0.172. The van der Waals surface area contributed by atoms with Gasteiger partial charge in [-0.1, -0.05) is 49.6 Å². The third-order valence-electron chi connectivity index (χ3n) is 6.76. The van der Waals surface area contributed by atoms with Gasteiger partial charge in [-0.15, -0.1) is 0 Å². The first-order valence-corrected chi connectivity index (χ1v) is 12.7. The van der Waals surface area contributed by atoms with Gasteiger partial charge in [0.2, 0.25) is 6.29 Å². The molecule has 1 aliphatic heterocycles. The van der Waals surface area contributed by atoms with Crippen LogP contribution in [0.5, 0.6) is 0 Å². The monoisotopic (exact) mass is 475 g/mol. The molecule has 1 saturated carbocycles. The number of carbonyl (C=O) groups is 1. The van der Waals surface area contributed by atoms with Gasteiger partial charge in [-0.05, 0) is 37.8 Å². The summed E-state index contributed by atoms with van der Waals surface area (Å²) in [5, 5.41) is 8.80. The summed E-state index contributed by atoms with van der Waals surface area (Å²) < 4.78 is 23.3. The van der Waals surface area contributed by atoms with Crippen LogP contribution >= 0.6 is 0 Å². The maximum Gasteiger partial charge on any atom is 0.288 e. The fraction of sp³-hybridized carbons (Fsp3) is 0.667. The zero-order chi connectivity index (χ0) is 24.2. The maximum atomic E-state index is 13.4. The highest BCUT2D eigenvalue weighted by Crippen LogP contribution is 2.39. The van der Waals surface area contributed by atoms with E-state index in [4.69, 9.17) is 24.1 Å². The van der Waals surface area contributed by atoms with Gasteiger partial charge >= 0.3 is 0 Å². The largest absolute Gasteiger partial charge is 0.459 e. The molecule has 1 aliphatic carbocycles. The van der Waals surface area contributed by atoms with Crippen LogP contribution in [0.4, 0.5) is 0 Å². The molecule has 7 heteroatoms. The minimum Gasteiger partial charge on any atom is -0.459 e. The molecule has 3 atom stereocenters. The Labute approximate surface area is 204 Å². The average molecular weight is 476 g/mol. The molecule has 3 rings (SSSR count). The SMILES string of the molecule is CCO[C@@H]1OC(C(=O)N(C)C2CCCCC2)=C[C@H](c2ccccc2)[C@H]1CCOCCOCCO. The highest BCUT2D eigenvalue weighted by molar-refractivity contribution is 5.91. The summed E-state index contributed by atoms with van der Waals surface area (Å²) >= 11 is 0. The van der Waals surface area contributed by atoms with E-state index in [1.54, 1.807) is 0 Å². The summed E-state index contributed by atoms with van der Waals surface area (Å²) in [6, 6.07) is 10.5. The van der Waals surface area contributed by atoms with Crippen molar-refractivity contribution in [1.82, 2.24) is 4.90 Å². The van der Waals surface area contributed by atoms with E-state index in [1.165, 1.54) is 19.3 Å². The van der Waals surface area contributed by atoms with Crippen LogP contribution < -0.4 is 0 Å². The number of benzene rings is 1. The molecule has 1 aromatic carbocycles. The number of likely N-dealkylation sites (N-methyl/N-ethyl adjacent to an activating group) is 1. The molecule has 0 bridgehead atoms. The Kier molecular flexibility index (Phi) is 11.3. The minimum absolute atomic E-state index is 0.0113. The number of ether oxygens (including phenoxy) is 4. The first-order chi connectivity index (χ1) is 16.7. The van der Waals surface area contributed by atoms with Crippen molar-refractivity contribution < 1.29 is 28.8 Å². The molecule has 1 N–H and O–H groups in total. The first kappa shape index (κ1) is 26.7. The molecule has 0 saturated heterocycles. The van der Waals surface area contributed by atoms with E-state index in [-0.39, 0.29) is 30.4 Å². The first-order valence-electron chi connectivity index (χ1n) is 12.7. The van der Waals surface area contributed by atoms with Crippen molar-refractivity contribution in [2.45, 2.75) is 63.7 Å². The smallest absolute Gasteiger partial charge is 0.288 e. The maximum absolute atomic E-state index is 13.4. The van der Waals surface area contributed by atoms with Gasteiger partial charge in [-0.3, -0.25) is 4.79 Å². The van der Waals surface area contributed by atoms with Gasteiger partial charge in [-0.2, -0.15) is 0 Å². The van der Waals surface area contributed by atoms with Crippen molar-refractivity contribution in [1.29, 1.82) is 0 Å². The van der Waals surface area contributed by atoms with Crippen LogP contribution in [0, 0.1) is 5.92 Å². The second kappa shape index (κ2) is 14.5. The van der Waals surface area contributed by atoms with E-state index in [2.05, 4.69) is 12.1 Å². The van der Waals surface area contributed by atoms with E-state index in [1.807, 2.05) is 43.1 Å². The van der Waals surface area contributed by atoms with Gasteiger partial charge < -0.3 is 29.0 Å².